The van der Waals surface area contributed by atoms with Crippen molar-refractivity contribution in [2.45, 2.75) is 37.5 Å². The Labute approximate surface area is 302 Å². The number of para-hydroxylation sites is 1. The Hall–Kier alpha value is -5.80. The summed E-state index contributed by atoms with van der Waals surface area (Å²) in [6.07, 6.45) is 8.01. The molecule has 3 heterocycles. The van der Waals surface area contributed by atoms with Crippen LogP contribution in [0.25, 0.3) is 0 Å². The van der Waals surface area contributed by atoms with E-state index in [1.165, 1.54) is 36.3 Å². The number of rotatable bonds is 9. The average molecular weight is 756 g/mol. The second-order valence-corrected chi connectivity index (χ2v) is 13.1. The van der Waals surface area contributed by atoms with Gasteiger partial charge in [0.1, 0.15) is 28.8 Å². The number of amides is 5. The summed E-state index contributed by atoms with van der Waals surface area (Å²) < 4.78 is 56.8. The third kappa shape index (κ3) is 8.05. The molecule has 2 N–H and O–H groups in total. The van der Waals surface area contributed by atoms with Gasteiger partial charge in [-0.3, -0.25) is 24.6 Å². The summed E-state index contributed by atoms with van der Waals surface area (Å²) in [6, 6.07) is 7.16. The molecule has 52 heavy (non-hydrogen) atoms. The van der Waals surface area contributed by atoms with Crippen molar-refractivity contribution in [3.05, 3.63) is 59.2 Å². The fourth-order valence-electron chi connectivity index (χ4n) is 5.45. The summed E-state index contributed by atoms with van der Waals surface area (Å²) in [5.41, 5.74) is 0.992. The number of hydrogen-bond donors (Lipinski definition) is 2. The Morgan fingerprint density at radius 2 is 1.77 bits per heavy atom. The fourth-order valence-corrected chi connectivity index (χ4v) is 6.59. The first-order chi connectivity index (χ1) is 24.9. The number of ether oxygens (including phenoxy) is 3. The number of carbonyl (C=O) groups excluding carboxylic acids is 4. The molecule has 0 radical (unpaired) electrons. The number of aromatic nitrogens is 3. The minimum absolute atomic E-state index is 0.0170. The number of hydrogen-bond acceptors (Lipinski definition) is 12. The van der Waals surface area contributed by atoms with E-state index in [0.717, 1.165) is 23.8 Å². The first kappa shape index (κ1) is 37.5. The van der Waals surface area contributed by atoms with Crippen LogP contribution in [0.5, 0.6) is 17.5 Å². The topological polar surface area (TPSA) is 199 Å². The first-order valence-corrected chi connectivity index (χ1v) is 17.6. The van der Waals surface area contributed by atoms with Crippen LogP contribution in [0.3, 0.4) is 0 Å². The molecule has 1 aliphatic carbocycles. The monoisotopic (exact) mass is 755 g/mol. The van der Waals surface area contributed by atoms with Crippen LogP contribution in [0.2, 0.25) is 0 Å². The molecule has 0 fully saturated rings. The van der Waals surface area contributed by atoms with Gasteiger partial charge in [-0.05, 0) is 50.8 Å². The highest BCUT2D eigenvalue weighted by molar-refractivity contribution is 7.90. The van der Waals surface area contributed by atoms with Crippen LogP contribution in [0.1, 0.15) is 31.5 Å². The number of halogens is 2. The Morgan fingerprint density at radius 3 is 2.42 bits per heavy atom. The Balaban J connectivity index is 0.000000201. The molecule has 0 unspecified atom stereocenters. The maximum atomic E-state index is 14.7. The molecule has 0 spiro atoms. The predicted molar refractivity (Wildman–Crippen MR) is 184 cm³/mol. The standard InChI is InChI=1S/C19H15FN2O4.C14H16ClN5O5S/c1-2-7-21-15-9-14(13(20)8-16(15)26-10-17(21)23)22-18(24)11-5-3-4-6-12(11)19(22)25;1-9-16-12(19-14(17-9)24-2)18-13(21)20-26(22,23)11-6-4-3-5-10(11)25-8-7-15/h1,8-9H,3-7,10H2;3-6H,7-8H2,1-2H3,(H2,16,17,18,19,20,21). The van der Waals surface area contributed by atoms with Crippen LogP contribution in [0, 0.1) is 25.1 Å². The Morgan fingerprint density at radius 1 is 1.08 bits per heavy atom. The van der Waals surface area contributed by atoms with Gasteiger partial charge in [0, 0.05) is 17.2 Å². The number of terminal acetylenes is 1. The molecule has 0 saturated heterocycles. The summed E-state index contributed by atoms with van der Waals surface area (Å²) in [5, 5.41) is 2.21. The number of imide groups is 1. The number of urea groups is 1. The van der Waals surface area contributed by atoms with Crippen LogP contribution in [-0.4, -0.2) is 79.9 Å². The van der Waals surface area contributed by atoms with Gasteiger partial charge in [0.2, 0.25) is 5.95 Å². The van der Waals surface area contributed by atoms with E-state index in [1.54, 1.807) is 13.0 Å². The van der Waals surface area contributed by atoms with Gasteiger partial charge in [-0.15, -0.1) is 18.0 Å². The van der Waals surface area contributed by atoms with Crippen molar-refractivity contribution < 1.29 is 46.2 Å². The van der Waals surface area contributed by atoms with Crippen LogP contribution >= 0.6 is 11.6 Å². The van der Waals surface area contributed by atoms with Gasteiger partial charge in [0.15, 0.2) is 12.4 Å². The third-order valence-electron chi connectivity index (χ3n) is 7.69. The summed E-state index contributed by atoms with van der Waals surface area (Å²) in [6.45, 7) is 1.42. The van der Waals surface area contributed by atoms with Crippen molar-refractivity contribution in [1.82, 2.24) is 19.7 Å². The van der Waals surface area contributed by atoms with Crippen LogP contribution in [-0.2, 0) is 24.4 Å². The second kappa shape index (κ2) is 16.0. The number of anilines is 3. The molecule has 5 amide bonds. The average Bonchev–Trinajstić information content (AvgIpc) is 3.37. The summed E-state index contributed by atoms with van der Waals surface area (Å²) in [4.78, 5) is 62.9. The van der Waals surface area contributed by atoms with Crippen LogP contribution in [0.15, 0.2) is 52.4 Å². The zero-order valence-corrected chi connectivity index (χ0v) is 29.3. The molecule has 6 rings (SSSR count). The predicted octanol–water partition coefficient (Wildman–Crippen LogP) is 3.24. The van der Waals surface area contributed by atoms with Crippen molar-refractivity contribution >= 4 is 62.7 Å². The maximum absolute atomic E-state index is 14.7. The number of sulfonamides is 1. The van der Waals surface area contributed by atoms with Crippen molar-refractivity contribution in [3.8, 4) is 29.9 Å². The largest absolute Gasteiger partial charge is 0.491 e. The van der Waals surface area contributed by atoms with Gasteiger partial charge in [-0.1, -0.05) is 18.1 Å². The van der Waals surface area contributed by atoms with Crippen molar-refractivity contribution in [3.63, 3.8) is 0 Å². The first-order valence-electron chi connectivity index (χ1n) is 15.6. The number of nitrogens with one attached hydrogen (secondary N) is 2. The minimum atomic E-state index is -4.20. The quantitative estimate of drug-likeness (QED) is 0.184. The lowest BCUT2D eigenvalue weighted by atomic mass is 9.93. The molecular formula is C33H31ClFN7O9S. The number of methoxy groups -OCH3 is 1. The van der Waals surface area contributed by atoms with Gasteiger partial charge in [0.25, 0.3) is 27.7 Å². The van der Waals surface area contributed by atoms with E-state index in [9.17, 15) is 32.0 Å². The number of benzene rings is 2. The summed E-state index contributed by atoms with van der Waals surface area (Å²) >= 11 is 5.55. The van der Waals surface area contributed by atoms with E-state index < -0.39 is 33.7 Å². The highest BCUT2D eigenvalue weighted by atomic mass is 35.5. The van der Waals surface area contributed by atoms with Gasteiger partial charge < -0.3 is 14.2 Å². The van der Waals surface area contributed by atoms with E-state index in [2.05, 4.69) is 26.2 Å². The highest BCUT2D eigenvalue weighted by Gasteiger charge is 2.41. The summed E-state index contributed by atoms with van der Waals surface area (Å²) in [7, 11) is -2.85. The SMILES string of the molecule is C#CCN1C(=O)COc2cc(F)c(N3C(=O)C4=C(CCCC4)C3=O)cc21.COc1nc(C)nc(NC(=O)NS(=O)(=O)c2ccccc2OCCCl)n1. The highest BCUT2D eigenvalue weighted by Crippen LogP contribution is 2.41. The number of carbonyl (C=O) groups is 4. The second-order valence-electron chi connectivity index (χ2n) is 11.1. The van der Waals surface area contributed by atoms with E-state index in [4.69, 9.17) is 32.2 Å². The molecule has 0 atom stereocenters. The van der Waals surface area contributed by atoms with Gasteiger partial charge >= 0.3 is 12.0 Å². The molecule has 19 heteroatoms. The fraction of sp³-hybridized carbons (Fsp3) is 0.303. The van der Waals surface area contributed by atoms with E-state index >= 15 is 0 Å². The van der Waals surface area contributed by atoms with Crippen molar-refractivity contribution in [2.24, 2.45) is 0 Å². The molecule has 3 aliphatic rings. The number of aryl methyl sites for hydroxylation is 1. The Bertz CT molecular complexity index is 2100. The molecule has 272 valence electrons. The zero-order valence-electron chi connectivity index (χ0n) is 27.8. The molecule has 16 nitrogen and oxygen atoms in total. The Kier molecular flexibility index (Phi) is 11.6. The lowest BCUT2D eigenvalue weighted by Gasteiger charge is -2.29. The molecule has 0 saturated carbocycles. The number of fused-ring (bicyclic) bond motifs is 1. The molecule has 3 aromatic rings. The molecular weight excluding hydrogens is 725 g/mol. The smallest absolute Gasteiger partial charge is 0.335 e. The molecule has 1 aromatic heterocycles. The van der Waals surface area contributed by atoms with Crippen LogP contribution < -0.4 is 34.0 Å². The lowest BCUT2D eigenvalue weighted by Crippen LogP contribution is -2.39. The molecule has 2 aliphatic heterocycles. The number of alkyl halides is 1. The molecule has 2 aromatic carbocycles. The lowest BCUT2D eigenvalue weighted by molar-refractivity contribution is -0.121. The molecule has 0 bridgehead atoms. The van der Waals surface area contributed by atoms with Gasteiger partial charge in [0.05, 0.1) is 30.9 Å². The van der Waals surface area contributed by atoms with Gasteiger partial charge in [-0.25, -0.2) is 27.2 Å². The van der Waals surface area contributed by atoms with Crippen LogP contribution in [0.4, 0.5) is 26.5 Å². The van der Waals surface area contributed by atoms with E-state index in [0.29, 0.717) is 24.0 Å². The van der Waals surface area contributed by atoms with Gasteiger partial charge in [-0.2, -0.15) is 15.0 Å². The summed E-state index contributed by atoms with van der Waals surface area (Å²) in [5.74, 6) is 0.793. The number of nitrogens with zero attached hydrogens (tertiary/aromatic N) is 5. The normalized spacial score (nSPS) is 15.1. The van der Waals surface area contributed by atoms with Crippen molar-refractivity contribution in [1.29, 1.82) is 0 Å². The minimum Gasteiger partial charge on any atom is -0.491 e. The third-order valence-corrected chi connectivity index (χ3v) is 9.21. The van der Waals surface area contributed by atoms with E-state index in [1.807, 2.05) is 4.72 Å². The zero-order chi connectivity index (χ0) is 37.6. The maximum Gasteiger partial charge on any atom is 0.335 e. The van der Waals surface area contributed by atoms with E-state index in [-0.39, 0.29) is 77.1 Å². The van der Waals surface area contributed by atoms with Crippen molar-refractivity contribution in [2.75, 3.05) is 47.9 Å².